The molecule has 28 heavy (non-hydrogen) atoms. The van der Waals surface area contributed by atoms with E-state index in [1.807, 2.05) is 39.0 Å². The number of hydrogen-bond donors (Lipinski definition) is 1. The van der Waals surface area contributed by atoms with Crippen molar-refractivity contribution >= 4 is 23.4 Å². The third-order valence-corrected chi connectivity index (χ3v) is 5.01. The number of nitrogens with zero attached hydrogens (tertiary/aromatic N) is 1. The third-order valence-electron chi connectivity index (χ3n) is 4.77. The molecular weight excluding hydrogens is 376 g/mol. The molecule has 0 aliphatic carbocycles. The van der Waals surface area contributed by atoms with Gasteiger partial charge in [-0.05, 0) is 68.1 Å². The zero-order chi connectivity index (χ0) is 20.8. The van der Waals surface area contributed by atoms with Gasteiger partial charge in [-0.15, -0.1) is 0 Å². The van der Waals surface area contributed by atoms with E-state index in [1.165, 1.54) is 4.90 Å². The summed E-state index contributed by atoms with van der Waals surface area (Å²) in [5, 5.41) is 3.18. The van der Waals surface area contributed by atoms with Gasteiger partial charge in [0, 0.05) is 18.6 Å². The van der Waals surface area contributed by atoms with E-state index in [4.69, 9.17) is 16.3 Å². The predicted molar refractivity (Wildman–Crippen MR) is 112 cm³/mol. The minimum Gasteiger partial charge on any atom is -0.483 e. The van der Waals surface area contributed by atoms with Gasteiger partial charge in [-0.3, -0.25) is 9.59 Å². The van der Waals surface area contributed by atoms with Crippen molar-refractivity contribution < 1.29 is 14.3 Å². The fraction of sp³-hybridized carbons (Fsp3) is 0.364. The lowest BCUT2D eigenvalue weighted by Gasteiger charge is -2.28. The Morgan fingerprint density at radius 1 is 1.18 bits per heavy atom. The first-order valence-corrected chi connectivity index (χ1v) is 9.57. The molecule has 1 N–H and O–H groups in total. The number of hydrogen-bond acceptors (Lipinski definition) is 3. The fourth-order valence-corrected chi connectivity index (χ4v) is 3.21. The van der Waals surface area contributed by atoms with E-state index in [-0.39, 0.29) is 25.0 Å². The Kier molecular flexibility index (Phi) is 7.46. The number of ether oxygens (including phenoxy) is 1. The highest BCUT2D eigenvalue weighted by atomic mass is 35.5. The normalized spacial score (nSPS) is 11.6. The number of amides is 2. The molecule has 0 fully saturated rings. The molecule has 2 aromatic rings. The first kappa shape index (κ1) is 21.8. The van der Waals surface area contributed by atoms with Crippen LogP contribution < -0.4 is 10.1 Å². The smallest absolute Gasteiger partial charge is 0.261 e. The lowest BCUT2D eigenvalue weighted by molar-refractivity contribution is -0.142. The van der Waals surface area contributed by atoms with Crippen LogP contribution in [-0.4, -0.2) is 36.4 Å². The number of halogens is 1. The van der Waals surface area contributed by atoms with Crippen molar-refractivity contribution in [3.05, 3.63) is 63.7 Å². The zero-order valence-corrected chi connectivity index (χ0v) is 17.8. The number of aryl methyl sites for hydroxylation is 2. The molecule has 0 aromatic heterocycles. The van der Waals surface area contributed by atoms with Gasteiger partial charge in [0.1, 0.15) is 11.8 Å². The molecule has 1 atom stereocenters. The highest BCUT2D eigenvalue weighted by molar-refractivity contribution is 6.30. The number of carbonyl (C=O) groups excluding carboxylic acids is 2. The van der Waals surface area contributed by atoms with Crippen molar-refractivity contribution in [2.45, 2.75) is 40.3 Å². The van der Waals surface area contributed by atoms with Crippen molar-refractivity contribution in [3.8, 4) is 5.75 Å². The van der Waals surface area contributed by atoms with E-state index in [1.54, 1.807) is 26.1 Å². The van der Waals surface area contributed by atoms with Crippen LogP contribution >= 0.6 is 11.6 Å². The summed E-state index contributed by atoms with van der Waals surface area (Å²) in [5.41, 5.74) is 4.02. The van der Waals surface area contributed by atoms with Crippen LogP contribution in [0.5, 0.6) is 5.75 Å². The Labute approximate surface area is 171 Å². The summed E-state index contributed by atoms with van der Waals surface area (Å²) in [4.78, 5) is 26.6. The van der Waals surface area contributed by atoms with Gasteiger partial charge in [0.2, 0.25) is 5.91 Å². The summed E-state index contributed by atoms with van der Waals surface area (Å²) in [6, 6.07) is 10.6. The summed E-state index contributed by atoms with van der Waals surface area (Å²) in [7, 11) is 1.55. The number of rotatable bonds is 7. The standard InChI is InChI=1S/C22H27ClN2O3/c1-14-9-15(2)16(3)20(10-14)28-13-21(26)25(17(4)22(27)24-5)12-18-7-6-8-19(23)11-18/h6-11,17H,12-13H2,1-5H3,(H,24,27)/t17-/m0/s1. The molecule has 0 heterocycles. The van der Waals surface area contributed by atoms with Crippen LogP contribution in [0.1, 0.15) is 29.2 Å². The summed E-state index contributed by atoms with van der Waals surface area (Å²) in [5.74, 6) is 0.175. The number of carbonyl (C=O) groups is 2. The van der Waals surface area contributed by atoms with Crippen molar-refractivity contribution in [1.82, 2.24) is 10.2 Å². The second-order valence-electron chi connectivity index (χ2n) is 6.94. The molecule has 150 valence electrons. The van der Waals surface area contributed by atoms with Crippen LogP contribution in [0.4, 0.5) is 0 Å². The molecule has 0 bridgehead atoms. The van der Waals surface area contributed by atoms with Crippen LogP contribution in [0.2, 0.25) is 5.02 Å². The second kappa shape index (κ2) is 9.60. The fourth-order valence-electron chi connectivity index (χ4n) is 3.00. The lowest BCUT2D eigenvalue weighted by Crippen LogP contribution is -2.48. The molecule has 5 nitrogen and oxygen atoms in total. The molecule has 0 unspecified atom stereocenters. The topological polar surface area (TPSA) is 58.6 Å². The molecule has 0 aliphatic heterocycles. The minimum atomic E-state index is -0.638. The second-order valence-corrected chi connectivity index (χ2v) is 7.37. The van der Waals surface area contributed by atoms with E-state index in [0.717, 1.165) is 22.3 Å². The van der Waals surface area contributed by atoms with Crippen LogP contribution in [0.25, 0.3) is 0 Å². The van der Waals surface area contributed by atoms with Crippen molar-refractivity contribution in [2.75, 3.05) is 13.7 Å². The Hall–Kier alpha value is -2.53. The van der Waals surface area contributed by atoms with Gasteiger partial charge in [-0.25, -0.2) is 0 Å². The molecule has 0 aliphatic rings. The monoisotopic (exact) mass is 402 g/mol. The van der Waals surface area contributed by atoms with Gasteiger partial charge in [0.25, 0.3) is 5.91 Å². The molecule has 2 rings (SSSR count). The molecule has 2 aromatic carbocycles. The summed E-state index contributed by atoms with van der Waals surface area (Å²) in [6.07, 6.45) is 0. The van der Waals surface area contributed by atoms with Crippen LogP contribution in [0.15, 0.2) is 36.4 Å². The Morgan fingerprint density at radius 2 is 1.89 bits per heavy atom. The number of likely N-dealkylation sites (N-methyl/N-ethyl adjacent to an activating group) is 1. The van der Waals surface area contributed by atoms with Gasteiger partial charge in [-0.1, -0.05) is 29.8 Å². The van der Waals surface area contributed by atoms with Crippen molar-refractivity contribution in [3.63, 3.8) is 0 Å². The number of benzene rings is 2. The Morgan fingerprint density at radius 3 is 2.54 bits per heavy atom. The predicted octanol–water partition coefficient (Wildman–Crippen LogP) is 3.81. The quantitative estimate of drug-likeness (QED) is 0.766. The van der Waals surface area contributed by atoms with Gasteiger partial charge >= 0.3 is 0 Å². The average molecular weight is 403 g/mol. The van der Waals surface area contributed by atoms with E-state index in [2.05, 4.69) is 11.4 Å². The van der Waals surface area contributed by atoms with Crippen LogP contribution in [0.3, 0.4) is 0 Å². The summed E-state index contributed by atoms with van der Waals surface area (Å²) >= 11 is 6.06. The average Bonchev–Trinajstić information content (AvgIpc) is 2.66. The third kappa shape index (κ3) is 5.49. The molecular formula is C22H27ClN2O3. The molecule has 0 radical (unpaired) electrons. The molecule has 0 saturated carbocycles. The maximum atomic E-state index is 12.9. The molecule has 2 amide bonds. The summed E-state index contributed by atoms with van der Waals surface area (Å²) < 4.78 is 5.82. The highest BCUT2D eigenvalue weighted by Crippen LogP contribution is 2.23. The molecule has 6 heteroatoms. The first-order valence-electron chi connectivity index (χ1n) is 9.19. The number of nitrogens with one attached hydrogen (secondary N) is 1. The van der Waals surface area contributed by atoms with E-state index in [0.29, 0.717) is 10.8 Å². The van der Waals surface area contributed by atoms with Crippen molar-refractivity contribution in [2.24, 2.45) is 0 Å². The summed E-state index contributed by atoms with van der Waals surface area (Å²) in [6.45, 7) is 7.78. The van der Waals surface area contributed by atoms with E-state index < -0.39 is 6.04 Å². The van der Waals surface area contributed by atoms with Gasteiger partial charge < -0.3 is 15.0 Å². The SMILES string of the molecule is CNC(=O)[C@H](C)N(Cc1cccc(Cl)c1)C(=O)COc1cc(C)cc(C)c1C. The van der Waals surface area contributed by atoms with Gasteiger partial charge in [0.15, 0.2) is 6.61 Å². The van der Waals surface area contributed by atoms with Gasteiger partial charge in [0.05, 0.1) is 0 Å². The molecule has 0 saturated heterocycles. The molecule has 0 spiro atoms. The Balaban J connectivity index is 2.20. The largest absolute Gasteiger partial charge is 0.483 e. The highest BCUT2D eigenvalue weighted by Gasteiger charge is 2.26. The Bertz CT molecular complexity index is 867. The van der Waals surface area contributed by atoms with Gasteiger partial charge in [-0.2, -0.15) is 0 Å². The van der Waals surface area contributed by atoms with Crippen LogP contribution in [-0.2, 0) is 16.1 Å². The zero-order valence-electron chi connectivity index (χ0n) is 17.0. The lowest BCUT2D eigenvalue weighted by atomic mass is 10.1. The van der Waals surface area contributed by atoms with E-state index in [9.17, 15) is 9.59 Å². The minimum absolute atomic E-state index is 0.147. The first-order chi connectivity index (χ1) is 13.2. The van der Waals surface area contributed by atoms with Crippen molar-refractivity contribution in [1.29, 1.82) is 0 Å². The maximum absolute atomic E-state index is 12.9. The van der Waals surface area contributed by atoms with E-state index >= 15 is 0 Å². The maximum Gasteiger partial charge on any atom is 0.261 e. The van der Waals surface area contributed by atoms with Crippen LogP contribution in [0, 0.1) is 20.8 Å².